The molecule has 3 aliphatic heterocycles. The molecule has 33 heavy (non-hydrogen) atoms. The first-order chi connectivity index (χ1) is 16.3. The molecule has 3 unspecified atom stereocenters. The maximum absolute atomic E-state index is 6.46. The van der Waals surface area contributed by atoms with Crippen LogP contribution in [0.4, 0.5) is 0 Å². The predicted octanol–water partition coefficient (Wildman–Crippen LogP) is 3.83. The van der Waals surface area contributed by atoms with E-state index in [-0.39, 0.29) is 24.6 Å². The fraction of sp³-hybridized carbons (Fsp3) is 0.538. The van der Waals surface area contributed by atoms with Crippen LogP contribution in [0.2, 0.25) is 0 Å². The zero-order valence-corrected chi connectivity index (χ0v) is 19.0. The molecule has 2 aromatic carbocycles. The van der Waals surface area contributed by atoms with Gasteiger partial charge in [0.05, 0.1) is 26.9 Å². The SMILES string of the molecule is COc1ccc(COC2[C@H]3OCC(O3)[C@H](OC3CCCCO3)[C@@H]2OCc2ccccc2)cc1. The molecular weight excluding hydrogens is 424 g/mol. The molecule has 0 radical (unpaired) electrons. The second-order valence-electron chi connectivity index (χ2n) is 8.66. The van der Waals surface area contributed by atoms with Gasteiger partial charge in [-0.15, -0.1) is 0 Å². The number of rotatable bonds is 9. The lowest BCUT2D eigenvalue weighted by Crippen LogP contribution is -2.58. The van der Waals surface area contributed by atoms with Gasteiger partial charge in [0.1, 0.15) is 30.2 Å². The Hall–Kier alpha value is -2.00. The summed E-state index contributed by atoms with van der Waals surface area (Å²) in [7, 11) is 1.66. The third-order valence-electron chi connectivity index (χ3n) is 6.35. The van der Waals surface area contributed by atoms with Gasteiger partial charge in [-0.3, -0.25) is 0 Å². The van der Waals surface area contributed by atoms with Crippen molar-refractivity contribution >= 4 is 0 Å². The molecule has 3 saturated heterocycles. The van der Waals surface area contributed by atoms with Gasteiger partial charge < -0.3 is 33.2 Å². The highest BCUT2D eigenvalue weighted by Gasteiger charge is 2.53. The summed E-state index contributed by atoms with van der Waals surface area (Å²) in [6, 6.07) is 18.0. The minimum absolute atomic E-state index is 0.206. The highest BCUT2D eigenvalue weighted by Crippen LogP contribution is 2.36. The Morgan fingerprint density at radius 3 is 2.30 bits per heavy atom. The van der Waals surface area contributed by atoms with Crippen LogP contribution in [-0.4, -0.2) is 57.3 Å². The summed E-state index contributed by atoms with van der Waals surface area (Å²) in [4.78, 5) is 0. The third kappa shape index (κ3) is 5.57. The lowest BCUT2D eigenvalue weighted by atomic mass is 9.99. The number of benzene rings is 2. The highest BCUT2D eigenvalue weighted by atomic mass is 16.8. The van der Waals surface area contributed by atoms with Crippen LogP contribution in [0.1, 0.15) is 30.4 Å². The molecule has 2 aromatic rings. The lowest BCUT2D eigenvalue weighted by Gasteiger charge is -2.42. The summed E-state index contributed by atoms with van der Waals surface area (Å²) in [5.41, 5.74) is 2.13. The van der Waals surface area contributed by atoms with Gasteiger partial charge in [-0.25, -0.2) is 0 Å². The second-order valence-corrected chi connectivity index (χ2v) is 8.66. The number of ether oxygens (including phenoxy) is 7. The van der Waals surface area contributed by atoms with Gasteiger partial charge >= 0.3 is 0 Å². The van der Waals surface area contributed by atoms with Crippen LogP contribution in [0.25, 0.3) is 0 Å². The van der Waals surface area contributed by atoms with Gasteiger partial charge in [0.15, 0.2) is 12.6 Å². The van der Waals surface area contributed by atoms with Crippen molar-refractivity contribution < 1.29 is 33.2 Å². The van der Waals surface area contributed by atoms with Crippen LogP contribution in [0.3, 0.4) is 0 Å². The first kappa shape index (κ1) is 22.8. The molecule has 3 fully saturated rings. The fourth-order valence-corrected chi connectivity index (χ4v) is 4.54. The van der Waals surface area contributed by atoms with Gasteiger partial charge in [-0.2, -0.15) is 0 Å². The molecule has 3 aliphatic rings. The molecule has 7 nitrogen and oxygen atoms in total. The van der Waals surface area contributed by atoms with Crippen molar-refractivity contribution in [1.29, 1.82) is 0 Å². The van der Waals surface area contributed by atoms with Crippen LogP contribution >= 0.6 is 0 Å². The van der Waals surface area contributed by atoms with Crippen molar-refractivity contribution in [3.63, 3.8) is 0 Å². The van der Waals surface area contributed by atoms with Crippen molar-refractivity contribution in [2.45, 2.75) is 69.5 Å². The van der Waals surface area contributed by atoms with E-state index in [1.807, 2.05) is 42.5 Å². The Labute approximate surface area is 194 Å². The van der Waals surface area contributed by atoms with Crippen molar-refractivity contribution in [2.75, 3.05) is 20.3 Å². The average molecular weight is 457 g/mol. The molecule has 0 amide bonds. The van der Waals surface area contributed by atoms with Gasteiger partial charge in [0.25, 0.3) is 0 Å². The topological polar surface area (TPSA) is 64.6 Å². The van der Waals surface area contributed by atoms with Crippen LogP contribution in [0.5, 0.6) is 5.75 Å². The predicted molar refractivity (Wildman–Crippen MR) is 120 cm³/mol. The molecule has 0 spiro atoms. The quantitative estimate of drug-likeness (QED) is 0.568. The van der Waals surface area contributed by atoms with Crippen LogP contribution < -0.4 is 4.74 Å². The van der Waals surface area contributed by atoms with Crippen LogP contribution in [0.15, 0.2) is 54.6 Å². The van der Waals surface area contributed by atoms with E-state index in [4.69, 9.17) is 33.2 Å². The van der Waals surface area contributed by atoms with Crippen molar-refractivity contribution in [3.8, 4) is 5.75 Å². The van der Waals surface area contributed by atoms with Crippen LogP contribution in [-0.2, 0) is 41.6 Å². The molecule has 6 atom stereocenters. The van der Waals surface area contributed by atoms with E-state index in [0.717, 1.165) is 42.7 Å². The van der Waals surface area contributed by atoms with E-state index in [1.165, 1.54) is 0 Å². The first-order valence-corrected chi connectivity index (χ1v) is 11.7. The summed E-state index contributed by atoms with van der Waals surface area (Å²) in [6.45, 7) is 2.03. The Bertz CT molecular complexity index is 853. The zero-order chi connectivity index (χ0) is 22.5. The lowest BCUT2D eigenvalue weighted by molar-refractivity contribution is -0.297. The molecule has 3 heterocycles. The van der Waals surface area contributed by atoms with Gasteiger partial charge in [0.2, 0.25) is 0 Å². The molecule has 0 aliphatic carbocycles. The summed E-state index contributed by atoms with van der Waals surface area (Å²) >= 11 is 0. The summed E-state index contributed by atoms with van der Waals surface area (Å²) in [5.74, 6) is 0.812. The van der Waals surface area contributed by atoms with Gasteiger partial charge in [-0.1, -0.05) is 42.5 Å². The Morgan fingerprint density at radius 2 is 1.58 bits per heavy atom. The minimum atomic E-state index is -0.485. The zero-order valence-electron chi connectivity index (χ0n) is 19.0. The van der Waals surface area contributed by atoms with E-state index in [0.29, 0.717) is 19.8 Å². The van der Waals surface area contributed by atoms with E-state index in [9.17, 15) is 0 Å². The summed E-state index contributed by atoms with van der Waals surface area (Å²) < 4.78 is 42.4. The number of methoxy groups -OCH3 is 1. The van der Waals surface area contributed by atoms with E-state index >= 15 is 0 Å². The molecule has 5 rings (SSSR count). The highest BCUT2D eigenvalue weighted by molar-refractivity contribution is 5.26. The minimum Gasteiger partial charge on any atom is -0.497 e. The molecule has 2 bridgehead atoms. The fourth-order valence-electron chi connectivity index (χ4n) is 4.54. The maximum Gasteiger partial charge on any atom is 0.187 e. The largest absolute Gasteiger partial charge is 0.497 e. The molecule has 0 aromatic heterocycles. The van der Waals surface area contributed by atoms with Crippen molar-refractivity contribution in [3.05, 3.63) is 65.7 Å². The standard InChI is InChI=1S/C26H32O7/c1-27-20-12-10-19(11-13-20)16-30-25-24(29-15-18-7-3-2-4-8-18)23(21-17-31-26(25)32-21)33-22-9-5-6-14-28-22/h2-4,7-8,10-13,21-26H,5-6,9,14-17H2,1H3/t21?,22?,23-,24-,25?,26-/m0/s1. The van der Waals surface area contributed by atoms with Gasteiger partial charge in [0, 0.05) is 6.61 Å². The van der Waals surface area contributed by atoms with E-state index in [1.54, 1.807) is 7.11 Å². The second kappa shape index (κ2) is 11.0. The van der Waals surface area contributed by atoms with E-state index < -0.39 is 12.4 Å². The average Bonchev–Trinajstić information content (AvgIpc) is 3.31. The summed E-state index contributed by atoms with van der Waals surface area (Å²) in [6.07, 6.45) is 0.972. The monoisotopic (exact) mass is 456 g/mol. The van der Waals surface area contributed by atoms with Gasteiger partial charge in [-0.05, 0) is 42.5 Å². The van der Waals surface area contributed by atoms with Crippen LogP contribution in [0, 0.1) is 0 Å². The molecule has 7 heteroatoms. The first-order valence-electron chi connectivity index (χ1n) is 11.7. The third-order valence-corrected chi connectivity index (χ3v) is 6.35. The smallest absolute Gasteiger partial charge is 0.187 e. The number of hydrogen-bond donors (Lipinski definition) is 0. The van der Waals surface area contributed by atoms with E-state index in [2.05, 4.69) is 12.1 Å². The molecule has 0 N–H and O–H groups in total. The Balaban J connectivity index is 1.32. The summed E-state index contributed by atoms with van der Waals surface area (Å²) in [5, 5.41) is 0. The van der Waals surface area contributed by atoms with Crippen molar-refractivity contribution in [1.82, 2.24) is 0 Å². The maximum atomic E-state index is 6.46. The molecule has 0 saturated carbocycles. The number of hydrogen-bond acceptors (Lipinski definition) is 7. The molecular formula is C26H32O7. The molecule has 178 valence electrons. The Kier molecular flexibility index (Phi) is 7.56. The number of fused-ring (bicyclic) bond motifs is 2. The normalized spacial score (nSPS) is 31.4. The Morgan fingerprint density at radius 1 is 0.818 bits per heavy atom. The van der Waals surface area contributed by atoms with Crippen molar-refractivity contribution in [2.24, 2.45) is 0 Å².